The number of anilines is 2. The third-order valence-electron chi connectivity index (χ3n) is 4.07. The lowest BCUT2D eigenvalue weighted by Gasteiger charge is -2.10. The normalized spacial score (nSPS) is 10.2. The molecule has 1 amide bonds. The van der Waals surface area contributed by atoms with Crippen LogP contribution in [0, 0.1) is 6.92 Å². The Kier molecular flexibility index (Phi) is 5.96. The number of benzene rings is 2. The predicted molar refractivity (Wildman–Crippen MR) is 105 cm³/mol. The molecule has 0 bridgehead atoms. The number of hydrogen-bond donors (Lipinski definition) is 2. The summed E-state index contributed by atoms with van der Waals surface area (Å²) in [7, 11) is 1.32. The molecule has 0 radical (unpaired) electrons. The summed E-state index contributed by atoms with van der Waals surface area (Å²) in [4.78, 5) is 32.4. The number of aromatic nitrogens is 2. The van der Waals surface area contributed by atoms with Crippen LogP contribution >= 0.6 is 0 Å². The van der Waals surface area contributed by atoms with Gasteiger partial charge in [0, 0.05) is 18.9 Å². The van der Waals surface area contributed by atoms with Gasteiger partial charge < -0.3 is 15.4 Å². The highest BCUT2D eigenvalue weighted by molar-refractivity contribution is 5.96. The van der Waals surface area contributed by atoms with Gasteiger partial charge in [0.05, 0.1) is 23.9 Å². The van der Waals surface area contributed by atoms with Crippen molar-refractivity contribution in [3.63, 3.8) is 0 Å². The van der Waals surface area contributed by atoms with Crippen molar-refractivity contribution in [3.8, 4) is 0 Å². The molecule has 142 valence electrons. The van der Waals surface area contributed by atoms with E-state index in [4.69, 9.17) is 4.74 Å². The number of para-hydroxylation sites is 1. The average Bonchev–Trinajstić information content (AvgIpc) is 2.73. The third kappa shape index (κ3) is 4.70. The molecule has 2 N–H and O–H groups in total. The lowest BCUT2D eigenvalue weighted by Crippen LogP contribution is -2.23. The number of nitrogens with zero attached hydrogens (tertiary/aromatic N) is 2. The number of hydrogen-bond acceptors (Lipinski definition) is 6. The molecule has 0 aliphatic carbocycles. The van der Waals surface area contributed by atoms with Gasteiger partial charge in [0.1, 0.15) is 0 Å². The van der Waals surface area contributed by atoms with Gasteiger partial charge in [-0.3, -0.25) is 4.79 Å². The second kappa shape index (κ2) is 8.77. The Balaban J connectivity index is 1.64. The van der Waals surface area contributed by atoms with Crippen molar-refractivity contribution in [2.75, 3.05) is 12.4 Å². The van der Waals surface area contributed by atoms with Gasteiger partial charge in [-0.15, -0.1) is 0 Å². The molecule has 1 aromatic heterocycles. The summed E-state index contributed by atoms with van der Waals surface area (Å²) in [5.74, 6) is -0.455. The summed E-state index contributed by atoms with van der Waals surface area (Å²) in [6, 6.07) is 14.8. The lowest BCUT2D eigenvalue weighted by molar-refractivity contribution is 0.0601. The van der Waals surface area contributed by atoms with Crippen LogP contribution in [-0.2, 0) is 11.3 Å². The molecule has 0 atom stereocenters. The van der Waals surface area contributed by atoms with Gasteiger partial charge >= 0.3 is 5.97 Å². The van der Waals surface area contributed by atoms with Crippen LogP contribution in [0.1, 0.15) is 31.8 Å². The molecule has 0 unspecified atom stereocenters. The first-order valence-electron chi connectivity index (χ1n) is 8.67. The molecule has 2 aromatic carbocycles. The topological polar surface area (TPSA) is 93.2 Å². The maximum Gasteiger partial charge on any atom is 0.339 e. The van der Waals surface area contributed by atoms with E-state index in [1.54, 1.807) is 24.3 Å². The van der Waals surface area contributed by atoms with Crippen LogP contribution in [0.3, 0.4) is 0 Å². The highest BCUT2D eigenvalue weighted by atomic mass is 16.5. The van der Waals surface area contributed by atoms with Crippen molar-refractivity contribution < 1.29 is 14.3 Å². The van der Waals surface area contributed by atoms with Gasteiger partial charge in [-0.05, 0) is 24.6 Å². The van der Waals surface area contributed by atoms with Gasteiger partial charge in [-0.2, -0.15) is 0 Å². The van der Waals surface area contributed by atoms with E-state index in [0.29, 0.717) is 23.4 Å². The molecule has 0 spiro atoms. The molecule has 7 nitrogen and oxygen atoms in total. The molecule has 0 saturated carbocycles. The van der Waals surface area contributed by atoms with E-state index in [1.165, 1.54) is 25.1 Å². The smallest absolute Gasteiger partial charge is 0.339 e. The lowest BCUT2D eigenvalue weighted by atomic mass is 10.1. The number of amides is 1. The fraction of sp³-hybridized carbons (Fsp3) is 0.143. The van der Waals surface area contributed by atoms with E-state index in [0.717, 1.165) is 5.56 Å². The van der Waals surface area contributed by atoms with Crippen molar-refractivity contribution in [2.24, 2.45) is 0 Å². The summed E-state index contributed by atoms with van der Waals surface area (Å²) < 4.78 is 4.76. The Hall–Kier alpha value is -3.74. The third-order valence-corrected chi connectivity index (χ3v) is 4.07. The van der Waals surface area contributed by atoms with Crippen LogP contribution in [-0.4, -0.2) is 29.0 Å². The highest BCUT2D eigenvalue weighted by Gasteiger charge is 2.12. The SMILES string of the molecule is COC(=O)c1ccccc1Nc1ncc(C(=O)NCc2ccc(C)cc2)cn1. The van der Waals surface area contributed by atoms with Crippen molar-refractivity contribution >= 4 is 23.5 Å². The summed E-state index contributed by atoms with van der Waals surface area (Å²) in [5.41, 5.74) is 3.41. The number of rotatable bonds is 6. The van der Waals surface area contributed by atoms with E-state index in [1.807, 2.05) is 31.2 Å². The maximum absolute atomic E-state index is 12.3. The number of ether oxygens (including phenoxy) is 1. The van der Waals surface area contributed by atoms with Crippen molar-refractivity contribution in [2.45, 2.75) is 13.5 Å². The zero-order chi connectivity index (χ0) is 19.9. The number of esters is 1. The van der Waals surface area contributed by atoms with Crippen molar-refractivity contribution in [1.82, 2.24) is 15.3 Å². The van der Waals surface area contributed by atoms with E-state index in [-0.39, 0.29) is 11.9 Å². The van der Waals surface area contributed by atoms with Crippen LogP contribution in [0.4, 0.5) is 11.6 Å². The Morgan fingerprint density at radius 2 is 1.68 bits per heavy atom. The van der Waals surface area contributed by atoms with Gasteiger partial charge in [-0.1, -0.05) is 42.0 Å². The molecule has 7 heteroatoms. The molecule has 0 aliphatic heterocycles. The largest absolute Gasteiger partial charge is 0.465 e. The van der Waals surface area contributed by atoms with Gasteiger partial charge in [0.15, 0.2) is 0 Å². The predicted octanol–water partition coefficient (Wildman–Crippen LogP) is 3.25. The maximum atomic E-state index is 12.3. The first-order valence-corrected chi connectivity index (χ1v) is 8.67. The summed E-state index contributed by atoms with van der Waals surface area (Å²) >= 11 is 0. The zero-order valence-corrected chi connectivity index (χ0v) is 15.6. The molecule has 1 heterocycles. The fourth-order valence-corrected chi connectivity index (χ4v) is 2.50. The van der Waals surface area contributed by atoms with E-state index < -0.39 is 5.97 Å². The van der Waals surface area contributed by atoms with Crippen LogP contribution in [0.2, 0.25) is 0 Å². The first kappa shape index (κ1) is 19.0. The molecule has 0 saturated heterocycles. The van der Waals surface area contributed by atoms with Gasteiger partial charge in [-0.25, -0.2) is 14.8 Å². The van der Waals surface area contributed by atoms with Crippen molar-refractivity contribution in [1.29, 1.82) is 0 Å². The van der Waals surface area contributed by atoms with Crippen LogP contribution in [0.25, 0.3) is 0 Å². The van der Waals surface area contributed by atoms with Gasteiger partial charge in [0.25, 0.3) is 5.91 Å². The highest BCUT2D eigenvalue weighted by Crippen LogP contribution is 2.19. The van der Waals surface area contributed by atoms with E-state index in [2.05, 4.69) is 20.6 Å². The summed E-state index contributed by atoms with van der Waals surface area (Å²) in [6.07, 6.45) is 2.86. The minimum Gasteiger partial charge on any atom is -0.465 e. The minimum absolute atomic E-state index is 0.262. The second-order valence-corrected chi connectivity index (χ2v) is 6.13. The van der Waals surface area contributed by atoms with Crippen LogP contribution < -0.4 is 10.6 Å². The molecule has 28 heavy (non-hydrogen) atoms. The number of nitrogens with one attached hydrogen (secondary N) is 2. The standard InChI is InChI=1S/C21H20N4O3/c1-14-7-9-15(10-8-14)11-22-19(26)16-12-23-21(24-13-16)25-18-6-4-3-5-17(18)20(27)28-2/h3-10,12-13H,11H2,1-2H3,(H,22,26)(H,23,24,25). The molecule has 0 aliphatic rings. The minimum atomic E-state index is -0.463. The molecule has 0 fully saturated rings. The number of aryl methyl sites for hydroxylation is 1. The van der Waals surface area contributed by atoms with Crippen LogP contribution in [0.5, 0.6) is 0 Å². The van der Waals surface area contributed by atoms with E-state index >= 15 is 0 Å². The average molecular weight is 376 g/mol. The Labute approximate surface area is 162 Å². The molecular formula is C21H20N4O3. The summed E-state index contributed by atoms with van der Waals surface area (Å²) in [5, 5.41) is 5.80. The number of methoxy groups -OCH3 is 1. The van der Waals surface area contributed by atoms with Crippen LogP contribution in [0.15, 0.2) is 60.9 Å². The number of carbonyl (C=O) groups excluding carboxylic acids is 2. The Morgan fingerprint density at radius 3 is 2.36 bits per heavy atom. The second-order valence-electron chi connectivity index (χ2n) is 6.13. The quantitative estimate of drug-likeness (QED) is 0.642. The molecule has 3 aromatic rings. The molecular weight excluding hydrogens is 356 g/mol. The number of carbonyl (C=O) groups is 2. The van der Waals surface area contributed by atoms with E-state index in [9.17, 15) is 9.59 Å². The first-order chi connectivity index (χ1) is 13.6. The zero-order valence-electron chi connectivity index (χ0n) is 15.6. The van der Waals surface area contributed by atoms with Crippen molar-refractivity contribution in [3.05, 3.63) is 83.2 Å². The Morgan fingerprint density at radius 1 is 1.00 bits per heavy atom. The molecule has 3 rings (SSSR count). The van der Waals surface area contributed by atoms with Gasteiger partial charge in [0.2, 0.25) is 5.95 Å². The monoisotopic (exact) mass is 376 g/mol. The Bertz CT molecular complexity index is 970. The fourth-order valence-electron chi connectivity index (χ4n) is 2.50. The summed E-state index contributed by atoms with van der Waals surface area (Å²) in [6.45, 7) is 2.44.